The average molecular weight is 221 g/mol. The van der Waals surface area contributed by atoms with Crippen LogP contribution in [0, 0.1) is 5.82 Å². The fraction of sp³-hybridized carbons (Fsp3) is 0.400. The monoisotopic (exact) mass is 221 g/mol. The van der Waals surface area contributed by atoms with Gasteiger partial charge in [0.05, 0.1) is 5.56 Å². The van der Waals surface area contributed by atoms with Crippen LogP contribution in [0.15, 0.2) is 18.2 Å². The average Bonchev–Trinajstić information content (AvgIpc) is 2.06. The van der Waals surface area contributed by atoms with E-state index in [1.54, 1.807) is 6.92 Å². The zero-order chi connectivity index (χ0) is 11.6. The van der Waals surface area contributed by atoms with E-state index in [0.717, 1.165) is 18.2 Å². The molecule has 0 radical (unpaired) electrons. The molecule has 0 unspecified atom stereocenters. The van der Waals surface area contributed by atoms with E-state index in [9.17, 15) is 17.6 Å². The first-order valence-corrected chi connectivity index (χ1v) is 4.42. The van der Waals surface area contributed by atoms with Crippen molar-refractivity contribution in [3.8, 4) is 0 Å². The van der Waals surface area contributed by atoms with E-state index in [1.807, 2.05) is 0 Å². The zero-order valence-electron chi connectivity index (χ0n) is 8.11. The Labute approximate surface area is 84.9 Å². The highest BCUT2D eigenvalue weighted by atomic mass is 19.4. The molecular formula is C10H11F4N. The van der Waals surface area contributed by atoms with Crippen LogP contribution in [0.25, 0.3) is 0 Å². The van der Waals surface area contributed by atoms with Crippen LogP contribution in [0.1, 0.15) is 18.1 Å². The fourth-order valence-electron chi connectivity index (χ4n) is 1.25. The van der Waals surface area contributed by atoms with E-state index in [1.165, 1.54) is 0 Å². The number of nitrogens with two attached hydrogens (primary N) is 1. The van der Waals surface area contributed by atoms with E-state index in [0.29, 0.717) is 0 Å². The lowest BCUT2D eigenvalue weighted by Gasteiger charge is -2.11. The molecule has 1 rings (SSSR count). The third-order valence-electron chi connectivity index (χ3n) is 1.91. The maximum Gasteiger partial charge on any atom is 0.416 e. The van der Waals surface area contributed by atoms with Crippen molar-refractivity contribution in [2.75, 3.05) is 0 Å². The Bertz CT molecular complexity index is 344. The van der Waals surface area contributed by atoms with Gasteiger partial charge in [0.15, 0.2) is 0 Å². The molecule has 0 amide bonds. The molecule has 1 aromatic carbocycles. The Hall–Kier alpha value is -1.10. The lowest BCUT2D eigenvalue weighted by molar-refractivity contribution is -0.137. The molecule has 0 aromatic heterocycles. The van der Waals surface area contributed by atoms with Crippen molar-refractivity contribution in [1.29, 1.82) is 0 Å². The van der Waals surface area contributed by atoms with Crippen molar-refractivity contribution in [1.82, 2.24) is 0 Å². The molecule has 0 fully saturated rings. The van der Waals surface area contributed by atoms with Gasteiger partial charge in [-0.05, 0) is 37.1 Å². The van der Waals surface area contributed by atoms with Gasteiger partial charge in [0.1, 0.15) is 5.82 Å². The van der Waals surface area contributed by atoms with Crippen molar-refractivity contribution in [3.63, 3.8) is 0 Å². The van der Waals surface area contributed by atoms with Crippen molar-refractivity contribution in [2.24, 2.45) is 5.73 Å². The molecule has 1 atom stereocenters. The number of halogens is 4. The van der Waals surface area contributed by atoms with Gasteiger partial charge in [0, 0.05) is 6.04 Å². The minimum absolute atomic E-state index is 0.000162. The summed E-state index contributed by atoms with van der Waals surface area (Å²) in [5.41, 5.74) is 4.56. The standard InChI is InChI=1S/C10H11F4N/c1-6(15)4-7-5-8(10(12,13)14)2-3-9(7)11/h2-3,5-6H,4,15H2,1H3/t6-/m0/s1. The number of hydrogen-bond acceptors (Lipinski definition) is 1. The van der Waals surface area contributed by atoms with E-state index < -0.39 is 17.6 Å². The molecule has 0 aliphatic rings. The smallest absolute Gasteiger partial charge is 0.328 e. The Kier molecular flexibility index (Phi) is 3.34. The Balaban J connectivity index is 3.06. The van der Waals surface area contributed by atoms with Gasteiger partial charge in [0.25, 0.3) is 0 Å². The SMILES string of the molecule is C[C@H](N)Cc1cc(C(F)(F)F)ccc1F. The highest BCUT2D eigenvalue weighted by Gasteiger charge is 2.31. The molecule has 84 valence electrons. The first kappa shape index (κ1) is 12.0. The predicted octanol–water partition coefficient (Wildman–Crippen LogP) is 2.73. The molecule has 2 N–H and O–H groups in total. The van der Waals surface area contributed by atoms with Gasteiger partial charge in [-0.3, -0.25) is 0 Å². The summed E-state index contributed by atoms with van der Waals surface area (Å²) in [4.78, 5) is 0. The summed E-state index contributed by atoms with van der Waals surface area (Å²) in [6.45, 7) is 1.61. The minimum atomic E-state index is -4.44. The Morgan fingerprint density at radius 3 is 2.40 bits per heavy atom. The Morgan fingerprint density at radius 1 is 1.33 bits per heavy atom. The number of benzene rings is 1. The summed E-state index contributed by atoms with van der Waals surface area (Å²) in [6.07, 6.45) is -4.35. The molecule has 0 bridgehead atoms. The molecule has 0 spiro atoms. The third-order valence-corrected chi connectivity index (χ3v) is 1.91. The molecule has 0 aliphatic heterocycles. The van der Waals surface area contributed by atoms with Crippen molar-refractivity contribution in [2.45, 2.75) is 25.6 Å². The molecule has 0 saturated heterocycles. The lowest BCUT2D eigenvalue weighted by atomic mass is 10.0. The second kappa shape index (κ2) is 4.18. The van der Waals surface area contributed by atoms with Crippen LogP contribution < -0.4 is 5.73 Å². The molecule has 0 heterocycles. The molecule has 5 heteroatoms. The summed E-state index contributed by atoms with van der Waals surface area (Å²) in [5.74, 6) is -0.652. The molecule has 0 aliphatic carbocycles. The largest absolute Gasteiger partial charge is 0.416 e. The van der Waals surface area contributed by atoms with Crippen LogP contribution in [-0.4, -0.2) is 6.04 Å². The minimum Gasteiger partial charge on any atom is -0.328 e. The summed E-state index contributed by atoms with van der Waals surface area (Å²) < 4.78 is 49.9. The third kappa shape index (κ3) is 3.20. The summed E-state index contributed by atoms with van der Waals surface area (Å²) >= 11 is 0. The van der Waals surface area contributed by atoms with Crippen LogP contribution in [0.3, 0.4) is 0 Å². The van der Waals surface area contributed by atoms with Gasteiger partial charge < -0.3 is 5.73 Å². The van der Waals surface area contributed by atoms with Gasteiger partial charge in [0.2, 0.25) is 0 Å². The second-order valence-corrected chi connectivity index (χ2v) is 3.49. The van der Waals surface area contributed by atoms with E-state index in [2.05, 4.69) is 0 Å². The first-order chi connectivity index (χ1) is 6.80. The number of rotatable bonds is 2. The molecule has 15 heavy (non-hydrogen) atoms. The maximum absolute atomic E-state index is 13.1. The van der Waals surface area contributed by atoms with E-state index in [4.69, 9.17) is 5.73 Å². The van der Waals surface area contributed by atoms with Crippen LogP contribution in [0.4, 0.5) is 17.6 Å². The van der Waals surface area contributed by atoms with Gasteiger partial charge in [-0.15, -0.1) is 0 Å². The van der Waals surface area contributed by atoms with Crippen LogP contribution >= 0.6 is 0 Å². The summed E-state index contributed by atoms with van der Waals surface area (Å²) in [7, 11) is 0. The van der Waals surface area contributed by atoms with Crippen LogP contribution in [0.5, 0.6) is 0 Å². The van der Waals surface area contributed by atoms with Crippen LogP contribution in [0.2, 0.25) is 0 Å². The molecular weight excluding hydrogens is 210 g/mol. The Morgan fingerprint density at radius 2 is 1.93 bits per heavy atom. The molecule has 1 nitrogen and oxygen atoms in total. The number of hydrogen-bond donors (Lipinski definition) is 1. The molecule has 0 saturated carbocycles. The highest BCUT2D eigenvalue weighted by Crippen LogP contribution is 2.30. The van der Waals surface area contributed by atoms with Gasteiger partial charge in [-0.25, -0.2) is 4.39 Å². The lowest BCUT2D eigenvalue weighted by Crippen LogP contribution is -2.19. The van der Waals surface area contributed by atoms with Gasteiger partial charge in [-0.1, -0.05) is 0 Å². The normalized spacial score (nSPS) is 14.0. The predicted molar refractivity (Wildman–Crippen MR) is 48.8 cm³/mol. The van der Waals surface area contributed by atoms with Crippen molar-refractivity contribution >= 4 is 0 Å². The maximum atomic E-state index is 13.1. The van der Waals surface area contributed by atoms with Gasteiger partial charge >= 0.3 is 6.18 Å². The topological polar surface area (TPSA) is 26.0 Å². The van der Waals surface area contributed by atoms with Crippen molar-refractivity contribution in [3.05, 3.63) is 35.1 Å². The highest BCUT2D eigenvalue weighted by molar-refractivity contribution is 5.27. The number of alkyl halides is 3. The van der Waals surface area contributed by atoms with E-state index in [-0.39, 0.29) is 18.0 Å². The first-order valence-electron chi connectivity index (χ1n) is 4.42. The molecule has 1 aromatic rings. The van der Waals surface area contributed by atoms with Crippen molar-refractivity contribution < 1.29 is 17.6 Å². The second-order valence-electron chi connectivity index (χ2n) is 3.49. The van der Waals surface area contributed by atoms with E-state index >= 15 is 0 Å². The summed E-state index contributed by atoms with van der Waals surface area (Å²) in [5, 5.41) is 0. The summed E-state index contributed by atoms with van der Waals surface area (Å²) in [6, 6.07) is 1.97. The zero-order valence-corrected chi connectivity index (χ0v) is 8.11. The fourth-order valence-corrected chi connectivity index (χ4v) is 1.25. The van der Waals surface area contributed by atoms with Crippen LogP contribution in [-0.2, 0) is 12.6 Å². The van der Waals surface area contributed by atoms with Gasteiger partial charge in [-0.2, -0.15) is 13.2 Å². The quantitative estimate of drug-likeness (QED) is 0.763.